The molecule has 2 radical (unpaired) electrons. The van der Waals surface area contributed by atoms with E-state index < -0.39 is 0 Å². The first kappa shape index (κ1) is 15.0. The maximum atomic E-state index is 6.39. The maximum Gasteiger partial charge on any atom is 0.114 e. The van der Waals surface area contributed by atoms with Crippen molar-refractivity contribution in [3.63, 3.8) is 0 Å². The molecule has 1 aromatic heterocycles. The highest BCUT2D eigenvalue weighted by Gasteiger charge is 2.14. The Morgan fingerprint density at radius 1 is 0.577 bits per heavy atom. The Balaban J connectivity index is 1.89. The minimum Gasteiger partial charge on any atom is -0.309 e. The van der Waals surface area contributed by atoms with E-state index in [2.05, 4.69) is 77.4 Å². The topological polar surface area (TPSA) is 4.93 Å². The first-order chi connectivity index (χ1) is 12.8. The minimum absolute atomic E-state index is 0.812. The van der Waals surface area contributed by atoms with Gasteiger partial charge in [-0.05, 0) is 41.5 Å². The van der Waals surface area contributed by atoms with Crippen LogP contribution in [0.4, 0.5) is 0 Å². The second kappa shape index (κ2) is 5.92. The molecule has 0 N–H and O–H groups in total. The Hall–Kier alpha value is -3.26. The molecule has 0 unspecified atom stereocenters. The van der Waals surface area contributed by atoms with Crippen molar-refractivity contribution in [1.82, 2.24) is 4.57 Å². The molecule has 0 fully saturated rings. The van der Waals surface area contributed by atoms with Crippen molar-refractivity contribution in [3.05, 3.63) is 97.1 Å². The molecule has 0 aliphatic rings. The van der Waals surface area contributed by atoms with Crippen LogP contribution >= 0.6 is 0 Å². The summed E-state index contributed by atoms with van der Waals surface area (Å²) in [6, 6.07) is 33.7. The zero-order chi connectivity index (χ0) is 17.5. The van der Waals surface area contributed by atoms with Gasteiger partial charge in [0.1, 0.15) is 7.85 Å². The van der Waals surface area contributed by atoms with Crippen molar-refractivity contribution >= 4 is 35.1 Å². The second-order valence-corrected chi connectivity index (χ2v) is 6.51. The second-order valence-electron chi connectivity index (χ2n) is 6.51. The highest BCUT2D eigenvalue weighted by Crippen LogP contribution is 2.33. The standard InChI is InChI=1S/C24H16BN/c25-21-12-7-13-23-24(21)20-16-18(17-8-3-1-4-9-17)14-15-22(20)26(23)19-10-5-2-6-11-19/h1-16H. The van der Waals surface area contributed by atoms with Crippen LogP contribution in [0.1, 0.15) is 0 Å². The van der Waals surface area contributed by atoms with Crippen molar-refractivity contribution in [2.45, 2.75) is 0 Å². The molecule has 4 aromatic carbocycles. The van der Waals surface area contributed by atoms with Gasteiger partial charge in [-0.2, -0.15) is 0 Å². The zero-order valence-electron chi connectivity index (χ0n) is 14.3. The number of aromatic nitrogens is 1. The Morgan fingerprint density at radius 3 is 2.08 bits per heavy atom. The summed E-state index contributed by atoms with van der Waals surface area (Å²) in [5.41, 5.74) is 6.68. The van der Waals surface area contributed by atoms with Crippen LogP contribution in [0.2, 0.25) is 0 Å². The highest BCUT2D eigenvalue weighted by molar-refractivity contribution is 6.41. The molecule has 0 saturated heterocycles. The summed E-state index contributed by atoms with van der Waals surface area (Å²) >= 11 is 0. The molecule has 0 aliphatic heterocycles. The summed E-state index contributed by atoms with van der Waals surface area (Å²) in [6.45, 7) is 0. The Kier molecular flexibility index (Phi) is 3.43. The first-order valence-corrected chi connectivity index (χ1v) is 8.76. The van der Waals surface area contributed by atoms with Gasteiger partial charge in [-0.3, -0.25) is 0 Å². The summed E-state index contributed by atoms with van der Waals surface area (Å²) in [6.07, 6.45) is 0. The first-order valence-electron chi connectivity index (χ1n) is 8.76. The van der Waals surface area contributed by atoms with Crippen molar-refractivity contribution in [2.75, 3.05) is 0 Å². The highest BCUT2D eigenvalue weighted by atomic mass is 15.0. The average Bonchev–Trinajstić information content (AvgIpc) is 3.04. The molecule has 0 amide bonds. The van der Waals surface area contributed by atoms with E-state index in [0.717, 1.165) is 22.1 Å². The quantitative estimate of drug-likeness (QED) is 0.390. The molecule has 0 aliphatic carbocycles. The van der Waals surface area contributed by atoms with Gasteiger partial charge in [0.2, 0.25) is 0 Å². The summed E-state index contributed by atoms with van der Waals surface area (Å²) in [4.78, 5) is 0. The lowest BCUT2D eigenvalue weighted by Crippen LogP contribution is -2.02. The normalized spacial score (nSPS) is 11.2. The third-order valence-corrected chi connectivity index (χ3v) is 4.94. The Morgan fingerprint density at radius 2 is 1.31 bits per heavy atom. The molecule has 5 rings (SSSR count). The third-order valence-electron chi connectivity index (χ3n) is 4.94. The van der Waals surface area contributed by atoms with E-state index >= 15 is 0 Å². The Bertz CT molecular complexity index is 1220. The number of rotatable bonds is 2. The van der Waals surface area contributed by atoms with E-state index in [9.17, 15) is 0 Å². The van der Waals surface area contributed by atoms with Crippen LogP contribution in [0.3, 0.4) is 0 Å². The predicted molar refractivity (Wildman–Crippen MR) is 112 cm³/mol. The van der Waals surface area contributed by atoms with Gasteiger partial charge in [-0.25, -0.2) is 0 Å². The molecular formula is C24H16BN. The van der Waals surface area contributed by atoms with E-state index in [1.807, 2.05) is 24.3 Å². The molecule has 2 heteroatoms. The van der Waals surface area contributed by atoms with Crippen LogP contribution in [0.15, 0.2) is 97.1 Å². The fraction of sp³-hybridized carbons (Fsp3) is 0. The smallest absolute Gasteiger partial charge is 0.114 e. The third kappa shape index (κ3) is 2.27. The van der Waals surface area contributed by atoms with Gasteiger partial charge in [0, 0.05) is 16.5 Å². The summed E-state index contributed by atoms with van der Waals surface area (Å²) in [7, 11) is 6.39. The largest absolute Gasteiger partial charge is 0.309 e. The lowest BCUT2D eigenvalue weighted by Gasteiger charge is -2.08. The maximum absolute atomic E-state index is 6.39. The van der Waals surface area contributed by atoms with Gasteiger partial charge in [0.05, 0.1) is 11.0 Å². The number of fused-ring (bicyclic) bond motifs is 3. The molecule has 1 nitrogen and oxygen atoms in total. The molecule has 0 bridgehead atoms. The van der Waals surface area contributed by atoms with Crippen molar-refractivity contribution in [2.24, 2.45) is 0 Å². The summed E-state index contributed by atoms with van der Waals surface area (Å²) in [5.74, 6) is 0. The molecule has 0 saturated carbocycles. The van der Waals surface area contributed by atoms with Crippen molar-refractivity contribution in [1.29, 1.82) is 0 Å². The van der Waals surface area contributed by atoms with Crippen LogP contribution in [-0.4, -0.2) is 12.4 Å². The summed E-state index contributed by atoms with van der Waals surface area (Å²) in [5, 5.41) is 2.30. The van der Waals surface area contributed by atoms with E-state index in [1.165, 1.54) is 22.0 Å². The van der Waals surface area contributed by atoms with Crippen LogP contribution in [-0.2, 0) is 0 Å². The van der Waals surface area contributed by atoms with Gasteiger partial charge < -0.3 is 4.57 Å². The number of benzene rings is 4. The fourth-order valence-corrected chi connectivity index (χ4v) is 3.76. The predicted octanol–water partition coefficient (Wildman–Crippen LogP) is 5.24. The lowest BCUT2D eigenvalue weighted by atomic mass is 9.90. The molecule has 0 atom stereocenters. The zero-order valence-corrected chi connectivity index (χ0v) is 14.3. The number of nitrogens with zero attached hydrogens (tertiary/aromatic N) is 1. The SMILES string of the molecule is [B]c1cccc2c1c1cc(-c3ccccc3)ccc1n2-c1ccccc1. The van der Waals surface area contributed by atoms with Gasteiger partial charge in [-0.15, -0.1) is 0 Å². The summed E-state index contributed by atoms with van der Waals surface area (Å²) < 4.78 is 2.29. The average molecular weight is 329 g/mol. The van der Waals surface area contributed by atoms with Crippen LogP contribution in [0.5, 0.6) is 0 Å². The van der Waals surface area contributed by atoms with E-state index in [-0.39, 0.29) is 0 Å². The van der Waals surface area contributed by atoms with Crippen LogP contribution in [0, 0.1) is 0 Å². The van der Waals surface area contributed by atoms with E-state index in [4.69, 9.17) is 7.85 Å². The van der Waals surface area contributed by atoms with E-state index in [0.29, 0.717) is 0 Å². The number of para-hydroxylation sites is 1. The van der Waals surface area contributed by atoms with Gasteiger partial charge in [0.15, 0.2) is 0 Å². The van der Waals surface area contributed by atoms with Gasteiger partial charge in [-0.1, -0.05) is 72.2 Å². The molecular weight excluding hydrogens is 313 g/mol. The van der Waals surface area contributed by atoms with Crippen molar-refractivity contribution in [3.8, 4) is 16.8 Å². The monoisotopic (exact) mass is 329 g/mol. The molecule has 26 heavy (non-hydrogen) atoms. The van der Waals surface area contributed by atoms with Gasteiger partial charge >= 0.3 is 0 Å². The lowest BCUT2D eigenvalue weighted by molar-refractivity contribution is 1.18. The molecule has 1 heterocycles. The Labute approximate surface area is 153 Å². The van der Waals surface area contributed by atoms with Crippen LogP contribution in [0.25, 0.3) is 38.6 Å². The fourth-order valence-electron chi connectivity index (χ4n) is 3.76. The minimum atomic E-state index is 0.812. The molecule has 5 aromatic rings. The number of hydrogen-bond acceptors (Lipinski definition) is 0. The van der Waals surface area contributed by atoms with Crippen LogP contribution < -0.4 is 5.46 Å². The van der Waals surface area contributed by atoms with E-state index in [1.54, 1.807) is 0 Å². The number of hydrogen-bond donors (Lipinski definition) is 0. The molecule has 0 spiro atoms. The van der Waals surface area contributed by atoms with Gasteiger partial charge in [0.25, 0.3) is 0 Å². The molecule has 120 valence electrons. The van der Waals surface area contributed by atoms with Crippen molar-refractivity contribution < 1.29 is 0 Å².